The van der Waals surface area contributed by atoms with E-state index in [0.29, 0.717) is 30.4 Å². The van der Waals surface area contributed by atoms with E-state index in [9.17, 15) is 18.0 Å². The Morgan fingerprint density at radius 3 is 2.53 bits per heavy atom. The highest BCUT2D eigenvalue weighted by Crippen LogP contribution is 2.36. The number of nitrogens with zero attached hydrogens (tertiary/aromatic N) is 3. The highest BCUT2D eigenvalue weighted by molar-refractivity contribution is 7.92. The molecule has 3 heterocycles. The standard InChI is InChI=1S/C19H19N3O6S2/c1-20-12-17(18(23)21(2)19(20)24)30(25,26)22(11-14-4-3-9-29-14)13-5-6-15-16(10-13)28-8-7-27-15/h3-6,9-10,12H,7-8,11H2,1-2H3. The molecule has 0 bridgehead atoms. The Morgan fingerprint density at radius 1 is 1.10 bits per heavy atom. The van der Waals surface area contributed by atoms with Gasteiger partial charge in [0.15, 0.2) is 16.4 Å². The number of hydrogen-bond acceptors (Lipinski definition) is 7. The van der Waals surface area contributed by atoms with Gasteiger partial charge in [-0.25, -0.2) is 13.2 Å². The van der Waals surface area contributed by atoms with Crippen LogP contribution in [0.1, 0.15) is 4.88 Å². The van der Waals surface area contributed by atoms with Crippen LogP contribution in [0.2, 0.25) is 0 Å². The second-order valence-corrected chi connectivity index (χ2v) is 9.53. The van der Waals surface area contributed by atoms with Gasteiger partial charge < -0.3 is 14.0 Å². The average Bonchev–Trinajstić information content (AvgIpc) is 3.26. The van der Waals surface area contributed by atoms with Crippen LogP contribution in [0.25, 0.3) is 0 Å². The highest BCUT2D eigenvalue weighted by atomic mass is 32.2. The molecule has 0 fully saturated rings. The molecule has 2 aromatic heterocycles. The number of sulfonamides is 1. The Hall–Kier alpha value is -3.05. The predicted molar refractivity (Wildman–Crippen MR) is 112 cm³/mol. The van der Waals surface area contributed by atoms with Gasteiger partial charge in [0.1, 0.15) is 13.2 Å². The summed E-state index contributed by atoms with van der Waals surface area (Å²) >= 11 is 1.40. The second-order valence-electron chi connectivity index (χ2n) is 6.67. The van der Waals surface area contributed by atoms with Crippen LogP contribution in [0.3, 0.4) is 0 Å². The van der Waals surface area contributed by atoms with Crippen molar-refractivity contribution in [3.8, 4) is 11.5 Å². The van der Waals surface area contributed by atoms with Crippen molar-refractivity contribution in [3.05, 3.63) is 67.6 Å². The normalized spacial score (nSPS) is 13.3. The van der Waals surface area contributed by atoms with Crippen LogP contribution in [0.4, 0.5) is 5.69 Å². The SMILES string of the molecule is Cn1cc(S(=O)(=O)N(Cc2cccs2)c2ccc3c(c2)OCCO3)c(=O)n(C)c1=O. The molecular weight excluding hydrogens is 430 g/mol. The number of hydrogen-bond donors (Lipinski definition) is 0. The Morgan fingerprint density at radius 2 is 1.83 bits per heavy atom. The van der Waals surface area contributed by atoms with Crippen molar-refractivity contribution in [1.29, 1.82) is 0 Å². The van der Waals surface area contributed by atoms with Gasteiger partial charge in [-0.2, -0.15) is 0 Å². The van der Waals surface area contributed by atoms with Crippen LogP contribution in [-0.2, 0) is 30.7 Å². The summed E-state index contributed by atoms with van der Waals surface area (Å²) in [7, 11) is -1.65. The summed E-state index contributed by atoms with van der Waals surface area (Å²) in [5.74, 6) is 0.954. The summed E-state index contributed by atoms with van der Waals surface area (Å²) in [6.07, 6.45) is 1.05. The van der Waals surface area contributed by atoms with Crippen LogP contribution in [0.15, 0.2) is 56.4 Å². The summed E-state index contributed by atoms with van der Waals surface area (Å²) < 4.78 is 41.3. The van der Waals surface area contributed by atoms with E-state index in [1.165, 1.54) is 25.4 Å². The molecule has 0 N–H and O–H groups in total. The van der Waals surface area contributed by atoms with Gasteiger partial charge in [0, 0.05) is 31.2 Å². The lowest BCUT2D eigenvalue weighted by molar-refractivity contribution is 0.171. The third-order valence-electron chi connectivity index (χ3n) is 4.68. The number of aryl methyl sites for hydroxylation is 1. The van der Waals surface area contributed by atoms with E-state index in [1.54, 1.807) is 18.2 Å². The van der Waals surface area contributed by atoms with Crippen molar-refractivity contribution >= 4 is 27.0 Å². The first-order chi connectivity index (χ1) is 14.3. The number of aromatic nitrogens is 2. The second kappa shape index (κ2) is 7.65. The van der Waals surface area contributed by atoms with Crippen LogP contribution < -0.4 is 25.0 Å². The first kappa shape index (κ1) is 20.2. The molecule has 0 aliphatic carbocycles. The summed E-state index contributed by atoms with van der Waals surface area (Å²) in [6, 6.07) is 8.45. The minimum atomic E-state index is -4.30. The fraction of sp³-hybridized carbons (Fsp3) is 0.263. The fourth-order valence-corrected chi connectivity index (χ4v) is 5.48. The Kier molecular flexibility index (Phi) is 5.16. The van der Waals surface area contributed by atoms with Gasteiger partial charge in [-0.3, -0.25) is 13.7 Å². The minimum Gasteiger partial charge on any atom is -0.486 e. The van der Waals surface area contributed by atoms with E-state index < -0.39 is 26.2 Å². The number of anilines is 1. The van der Waals surface area contributed by atoms with Gasteiger partial charge in [-0.15, -0.1) is 11.3 Å². The highest BCUT2D eigenvalue weighted by Gasteiger charge is 2.31. The predicted octanol–water partition coefficient (Wildman–Crippen LogP) is 1.31. The lowest BCUT2D eigenvalue weighted by Gasteiger charge is -2.26. The van der Waals surface area contributed by atoms with Crippen molar-refractivity contribution in [3.63, 3.8) is 0 Å². The Bertz CT molecular complexity index is 1310. The topological polar surface area (TPSA) is 99.8 Å². The van der Waals surface area contributed by atoms with Gasteiger partial charge in [0.2, 0.25) is 0 Å². The van der Waals surface area contributed by atoms with Crippen molar-refractivity contribution in [2.24, 2.45) is 14.1 Å². The number of fused-ring (bicyclic) bond motifs is 1. The Labute approximate surface area is 176 Å². The average molecular weight is 450 g/mol. The summed E-state index contributed by atoms with van der Waals surface area (Å²) in [4.78, 5) is 25.0. The number of thiophene rings is 1. The third kappa shape index (κ3) is 3.50. The van der Waals surface area contributed by atoms with Crippen molar-refractivity contribution < 1.29 is 17.9 Å². The van der Waals surface area contributed by atoms with Gasteiger partial charge >= 0.3 is 5.69 Å². The van der Waals surface area contributed by atoms with Gasteiger partial charge in [-0.1, -0.05) is 6.07 Å². The molecule has 11 heteroatoms. The number of ether oxygens (including phenoxy) is 2. The van der Waals surface area contributed by atoms with Gasteiger partial charge in [-0.05, 0) is 23.6 Å². The molecule has 3 aromatic rings. The number of benzene rings is 1. The van der Waals surface area contributed by atoms with Gasteiger partial charge in [0.05, 0.1) is 12.2 Å². The van der Waals surface area contributed by atoms with E-state index in [-0.39, 0.29) is 6.54 Å². The molecule has 0 amide bonds. The van der Waals surface area contributed by atoms with Crippen molar-refractivity contribution in [2.75, 3.05) is 17.5 Å². The zero-order valence-electron chi connectivity index (χ0n) is 16.3. The largest absolute Gasteiger partial charge is 0.486 e. The van der Waals surface area contributed by atoms with E-state index in [1.807, 2.05) is 17.5 Å². The number of rotatable bonds is 5. The smallest absolute Gasteiger partial charge is 0.330 e. The molecule has 0 spiro atoms. The first-order valence-electron chi connectivity index (χ1n) is 9.00. The lowest BCUT2D eigenvalue weighted by atomic mass is 10.2. The van der Waals surface area contributed by atoms with E-state index in [2.05, 4.69) is 0 Å². The molecule has 1 aliphatic rings. The minimum absolute atomic E-state index is 0.0195. The van der Waals surface area contributed by atoms with Crippen molar-refractivity contribution in [2.45, 2.75) is 11.4 Å². The maximum atomic E-state index is 13.6. The molecule has 1 aliphatic heterocycles. The quantitative estimate of drug-likeness (QED) is 0.582. The van der Waals surface area contributed by atoms with Crippen LogP contribution in [0.5, 0.6) is 11.5 Å². The maximum absolute atomic E-state index is 13.6. The molecular formula is C19H19N3O6S2. The van der Waals surface area contributed by atoms with E-state index in [0.717, 1.165) is 24.5 Å². The molecule has 0 saturated carbocycles. The molecule has 0 radical (unpaired) electrons. The maximum Gasteiger partial charge on any atom is 0.330 e. The summed E-state index contributed by atoms with van der Waals surface area (Å²) in [5, 5.41) is 1.84. The first-order valence-corrected chi connectivity index (χ1v) is 11.3. The van der Waals surface area contributed by atoms with Crippen LogP contribution in [-0.4, -0.2) is 30.8 Å². The molecule has 30 heavy (non-hydrogen) atoms. The Balaban J connectivity index is 1.88. The zero-order chi connectivity index (χ0) is 21.5. The molecule has 0 atom stereocenters. The molecule has 9 nitrogen and oxygen atoms in total. The van der Waals surface area contributed by atoms with E-state index in [4.69, 9.17) is 9.47 Å². The summed E-state index contributed by atoms with van der Waals surface area (Å²) in [6.45, 7) is 0.790. The van der Waals surface area contributed by atoms with Crippen LogP contribution in [0, 0.1) is 0 Å². The third-order valence-corrected chi connectivity index (χ3v) is 7.29. The molecule has 0 unspecified atom stereocenters. The zero-order valence-corrected chi connectivity index (χ0v) is 17.9. The van der Waals surface area contributed by atoms with Crippen molar-refractivity contribution in [1.82, 2.24) is 9.13 Å². The fourth-order valence-electron chi connectivity index (χ4n) is 3.12. The molecule has 0 saturated heterocycles. The molecule has 158 valence electrons. The summed E-state index contributed by atoms with van der Waals surface area (Å²) in [5.41, 5.74) is -1.17. The molecule has 4 rings (SSSR count). The van der Waals surface area contributed by atoms with E-state index >= 15 is 0 Å². The van der Waals surface area contributed by atoms with Crippen LogP contribution >= 0.6 is 11.3 Å². The molecule has 1 aromatic carbocycles. The van der Waals surface area contributed by atoms with Gasteiger partial charge in [0.25, 0.3) is 15.6 Å². The lowest BCUT2D eigenvalue weighted by Crippen LogP contribution is -2.42. The monoisotopic (exact) mass is 449 g/mol.